The molecule has 22 heavy (non-hydrogen) atoms. The summed E-state index contributed by atoms with van der Waals surface area (Å²) >= 11 is 0. The highest BCUT2D eigenvalue weighted by Gasteiger charge is 2.13. The Bertz CT molecular complexity index is 615. The smallest absolute Gasteiger partial charge is 0.275 e. The van der Waals surface area contributed by atoms with Gasteiger partial charge in [0.25, 0.3) is 5.91 Å². The van der Waals surface area contributed by atoms with Crippen LogP contribution in [-0.4, -0.2) is 20.1 Å². The van der Waals surface area contributed by atoms with Crippen LogP contribution in [0.5, 0.6) is 11.5 Å². The summed E-state index contributed by atoms with van der Waals surface area (Å²) in [4.78, 5) is 17.4. The molecule has 2 aromatic carbocycles. The zero-order valence-corrected chi connectivity index (χ0v) is 12.9. The minimum atomic E-state index is -0.354. The number of amides is 1. The van der Waals surface area contributed by atoms with Gasteiger partial charge in [0.05, 0.1) is 20.8 Å². The molecule has 1 N–H and O–H groups in total. The fourth-order valence-corrected chi connectivity index (χ4v) is 2.04. The fraction of sp³-hybridized carbons (Fsp3) is 0.235. The van der Waals surface area contributed by atoms with Crippen LogP contribution in [0.15, 0.2) is 42.5 Å². The molecule has 0 saturated heterocycles. The van der Waals surface area contributed by atoms with Crippen LogP contribution < -0.4 is 15.0 Å². The van der Waals surface area contributed by atoms with E-state index in [1.165, 1.54) is 0 Å². The van der Waals surface area contributed by atoms with Gasteiger partial charge in [-0.25, -0.2) is 5.48 Å². The Morgan fingerprint density at radius 1 is 1.05 bits per heavy atom. The number of rotatable bonds is 6. The molecule has 0 radical (unpaired) electrons. The van der Waals surface area contributed by atoms with Gasteiger partial charge in [-0.1, -0.05) is 30.3 Å². The number of hydrogen-bond acceptors (Lipinski definition) is 4. The largest absolute Gasteiger partial charge is 0.496 e. The van der Waals surface area contributed by atoms with Gasteiger partial charge in [-0.15, -0.1) is 0 Å². The zero-order valence-electron chi connectivity index (χ0n) is 12.9. The minimum absolute atomic E-state index is 0.298. The van der Waals surface area contributed by atoms with Crippen LogP contribution in [0.25, 0.3) is 0 Å². The molecular weight excluding hydrogens is 282 g/mol. The number of ether oxygens (including phenoxy) is 2. The lowest BCUT2D eigenvalue weighted by atomic mass is 10.1. The van der Waals surface area contributed by atoms with Crippen LogP contribution >= 0.6 is 0 Å². The third-order valence-electron chi connectivity index (χ3n) is 3.26. The number of hydroxylamine groups is 1. The third kappa shape index (κ3) is 3.77. The van der Waals surface area contributed by atoms with Gasteiger partial charge in [-0.05, 0) is 24.6 Å². The van der Waals surface area contributed by atoms with Crippen LogP contribution in [0, 0.1) is 6.92 Å². The van der Waals surface area contributed by atoms with Crippen molar-refractivity contribution in [2.45, 2.75) is 13.5 Å². The molecule has 0 atom stereocenters. The molecule has 0 unspecified atom stereocenters. The third-order valence-corrected chi connectivity index (χ3v) is 3.26. The van der Waals surface area contributed by atoms with Crippen molar-refractivity contribution < 1.29 is 19.1 Å². The normalized spacial score (nSPS) is 10.1. The van der Waals surface area contributed by atoms with E-state index in [2.05, 4.69) is 5.48 Å². The van der Waals surface area contributed by atoms with E-state index in [4.69, 9.17) is 14.3 Å². The Morgan fingerprint density at radius 3 is 2.18 bits per heavy atom. The van der Waals surface area contributed by atoms with Gasteiger partial charge in [0.15, 0.2) is 0 Å². The molecule has 5 heteroatoms. The van der Waals surface area contributed by atoms with E-state index in [0.717, 1.165) is 11.1 Å². The molecule has 0 fully saturated rings. The first kappa shape index (κ1) is 15.9. The molecule has 0 aliphatic heterocycles. The first-order valence-electron chi connectivity index (χ1n) is 6.84. The highest BCUT2D eigenvalue weighted by atomic mass is 16.6. The van der Waals surface area contributed by atoms with E-state index in [1.807, 2.05) is 37.3 Å². The van der Waals surface area contributed by atoms with Crippen molar-refractivity contribution in [3.63, 3.8) is 0 Å². The van der Waals surface area contributed by atoms with Gasteiger partial charge in [-0.2, -0.15) is 0 Å². The van der Waals surface area contributed by atoms with Crippen molar-refractivity contribution in [3.05, 3.63) is 59.2 Å². The fourth-order valence-electron chi connectivity index (χ4n) is 2.04. The molecule has 1 amide bonds. The van der Waals surface area contributed by atoms with Crippen molar-refractivity contribution in [1.29, 1.82) is 0 Å². The summed E-state index contributed by atoms with van der Waals surface area (Å²) in [5.41, 5.74) is 4.64. The van der Waals surface area contributed by atoms with Crippen molar-refractivity contribution in [3.8, 4) is 11.5 Å². The number of carbonyl (C=O) groups excluding carboxylic acids is 1. The maximum absolute atomic E-state index is 12.1. The van der Waals surface area contributed by atoms with E-state index in [-0.39, 0.29) is 5.91 Å². The average molecular weight is 301 g/mol. The number of hydrogen-bond donors (Lipinski definition) is 1. The number of nitrogens with one attached hydrogen (secondary N) is 1. The predicted octanol–water partition coefficient (Wildman–Crippen LogP) is 2.87. The lowest BCUT2D eigenvalue weighted by Gasteiger charge is -2.12. The first-order valence-corrected chi connectivity index (χ1v) is 6.84. The molecule has 0 aliphatic rings. The van der Waals surface area contributed by atoms with Crippen LogP contribution in [0.2, 0.25) is 0 Å². The van der Waals surface area contributed by atoms with Crippen molar-refractivity contribution in [1.82, 2.24) is 5.48 Å². The predicted molar refractivity (Wildman–Crippen MR) is 83.0 cm³/mol. The molecular formula is C17H19NO4. The SMILES string of the molecule is COc1cc(C(=O)NOCc2ccccc2)cc(OC)c1C. The lowest BCUT2D eigenvalue weighted by molar-refractivity contribution is 0.0233. The number of carbonyl (C=O) groups is 1. The van der Waals surface area contributed by atoms with Crippen molar-refractivity contribution >= 4 is 5.91 Å². The van der Waals surface area contributed by atoms with E-state index in [1.54, 1.807) is 26.4 Å². The number of benzene rings is 2. The van der Waals surface area contributed by atoms with Crippen LogP contribution in [0.3, 0.4) is 0 Å². The zero-order chi connectivity index (χ0) is 15.9. The van der Waals surface area contributed by atoms with E-state index in [0.29, 0.717) is 23.7 Å². The van der Waals surface area contributed by atoms with Crippen molar-refractivity contribution in [2.75, 3.05) is 14.2 Å². The average Bonchev–Trinajstić information content (AvgIpc) is 2.56. The molecule has 2 aromatic rings. The summed E-state index contributed by atoms with van der Waals surface area (Å²) in [5.74, 6) is 0.827. The highest BCUT2D eigenvalue weighted by Crippen LogP contribution is 2.29. The Labute approximate surface area is 129 Å². The summed E-state index contributed by atoms with van der Waals surface area (Å²) in [6.45, 7) is 2.16. The molecule has 0 bridgehead atoms. The van der Waals surface area contributed by atoms with E-state index < -0.39 is 0 Å². The van der Waals surface area contributed by atoms with Gasteiger partial charge >= 0.3 is 0 Å². The topological polar surface area (TPSA) is 56.8 Å². The van der Waals surface area contributed by atoms with E-state index in [9.17, 15) is 4.79 Å². The molecule has 5 nitrogen and oxygen atoms in total. The van der Waals surface area contributed by atoms with Gasteiger partial charge < -0.3 is 9.47 Å². The summed E-state index contributed by atoms with van der Waals surface area (Å²) in [6, 6.07) is 12.9. The van der Waals surface area contributed by atoms with Crippen LogP contribution in [0.4, 0.5) is 0 Å². The van der Waals surface area contributed by atoms with Gasteiger partial charge in [0, 0.05) is 11.1 Å². The quantitative estimate of drug-likeness (QED) is 0.834. The Morgan fingerprint density at radius 2 is 1.64 bits per heavy atom. The molecule has 0 aromatic heterocycles. The van der Waals surface area contributed by atoms with E-state index >= 15 is 0 Å². The van der Waals surface area contributed by atoms with Gasteiger partial charge in [0.1, 0.15) is 11.5 Å². The molecule has 0 heterocycles. The maximum atomic E-state index is 12.1. The molecule has 0 aliphatic carbocycles. The second-order valence-corrected chi connectivity index (χ2v) is 4.71. The molecule has 0 saturated carbocycles. The molecule has 2 rings (SSSR count). The van der Waals surface area contributed by atoms with Gasteiger partial charge in [0.2, 0.25) is 0 Å². The molecule has 0 spiro atoms. The first-order chi connectivity index (χ1) is 10.7. The van der Waals surface area contributed by atoms with Crippen molar-refractivity contribution in [2.24, 2.45) is 0 Å². The lowest BCUT2D eigenvalue weighted by Crippen LogP contribution is -2.23. The standard InChI is InChI=1S/C17H19NO4/c1-12-15(20-2)9-14(10-16(12)21-3)17(19)18-22-11-13-7-5-4-6-8-13/h4-10H,11H2,1-3H3,(H,18,19). The second kappa shape index (κ2) is 7.47. The maximum Gasteiger partial charge on any atom is 0.275 e. The van der Waals surface area contributed by atoms with Crippen LogP contribution in [0.1, 0.15) is 21.5 Å². The Hall–Kier alpha value is -2.53. The summed E-state index contributed by atoms with van der Waals surface area (Å²) < 4.78 is 10.5. The second-order valence-electron chi connectivity index (χ2n) is 4.71. The minimum Gasteiger partial charge on any atom is -0.496 e. The van der Waals surface area contributed by atoms with Gasteiger partial charge in [-0.3, -0.25) is 9.63 Å². The summed E-state index contributed by atoms with van der Waals surface area (Å²) in [5, 5.41) is 0. The molecule has 116 valence electrons. The summed E-state index contributed by atoms with van der Waals surface area (Å²) in [7, 11) is 3.10. The highest BCUT2D eigenvalue weighted by molar-refractivity contribution is 5.94. The monoisotopic (exact) mass is 301 g/mol. The Kier molecular flexibility index (Phi) is 5.38. The Balaban J connectivity index is 2.03. The summed E-state index contributed by atoms with van der Waals surface area (Å²) in [6.07, 6.45) is 0. The number of methoxy groups -OCH3 is 2. The van der Waals surface area contributed by atoms with Crippen LogP contribution in [-0.2, 0) is 11.4 Å².